The summed E-state index contributed by atoms with van der Waals surface area (Å²) in [6.07, 6.45) is 8.87. The number of aromatic amines is 2. The fourth-order valence-corrected chi connectivity index (χ4v) is 3.54. The summed E-state index contributed by atoms with van der Waals surface area (Å²) in [7, 11) is 0. The van der Waals surface area contributed by atoms with Gasteiger partial charge in [0.05, 0.1) is 28.3 Å². The maximum atomic E-state index is 13.8. The van der Waals surface area contributed by atoms with Gasteiger partial charge in [0.1, 0.15) is 11.5 Å². The smallest absolute Gasteiger partial charge is 0.159 e. The molecule has 0 bridgehead atoms. The van der Waals surface area contributed by atoms with Crippen molar-refractivity contribution in [3.63, 3.8) is 0 Å². The molecule has 7 heteroatoms. The molecule has 6 nitrogen and oxygen atoms in total. The van der Waals surface area contributed by atoms with E-state index in [1.165, 1.54) is 12.1 Å². The molecule has 0 unspecified atom stereocenters. The molecule has 2 N–H and O–H groups in total. The van der Waals surface area contributed by atoms with Gasteiger partial charge in [0, 0.05) is 23.2 Å². The number of imidazole rings is 1. The van der Waals surface area contributed by atoms with Crippen LogP contribution < -0.4 is 10.6 Å². The van der Waals surface area contributed by atoms with Crippen LogP contribution in [-0.4, -0.2) is 30.1 Å². The first kappa shape index (κ1) is 19.6. The lowest BCUT2D eigenvalue weighted by atomic mass is 10.0. The van der Waals surface area contributed by atoms with Crippen LogP contribution >= 0.6 is 0 Å². The summed E-state index contributed by atoms with van der Waals surface area (Å²) in [5.41, 5.74) is 5.60. The molecule has 0 radical (unpaired) electrons. The van der Waals surface area contributed by atoms with Gasteiger partial charge in [0.2, 0.25) is 0 Å². The Kier molecular flexibility index (Phi) is 4.91. The van der Waals surface area contributed by atoms with Crippen LogP contribution in [0.2, 0.25) is 0 Å². The number of allylic oxidation sites excluding steroid dienone is 2. The topological polar surface area (TPSA) is 83.1 Å². The first-order valence-corrected chi connectivity index (χ1v) is 10.0. The van der Waals surface area contributed by atoms with E-state index in [9.17, 15) is 4.39 Å². The minimum absolute atomic E-state index is 0.285. The molecule has 0 aliphatic heterocycles. The minimum atomic E-state index is -0.285. The van der Waals surface area contributed by atoms with Gasteiger partial charge in [-0.1, -0.05) is 36.9 Å². The predicted molar refractivity (Wildman–Crippen MR) is 124 cm³/mol. The molecular weight excluding hydrogens is 403 g/mol. The van der Waals surface area contributed by atoms with Crippen molar-refractivity contribution in [2.45, 2.75) is 6.92 Å². The lowest BCUT2D eigenvalue weighted by Crippen LogP contribution is -2.21. The van der Waals surface area contributed by atoms with Gasteiger partial charge in [-0.2, -0.15) is 5.10 Å². The van der Waals surface area contributed by atoms with Crippen molar-refractivity contribution < 1.29 is 4.39 Å². The number of rotatable bonds is 4. The van der Waals surface area contributed by atoms with E-state index in [1.54, 1.807) is 24.7 Å². The summed E-state index contributed by atoms with van der Waals surface area (Å²) in [5.74, 6) is 0.312. The van der Waals surface area contributed by atoms with Crippen molar-refractivity contribution in [3.8, 4) is 22.6 Å². The third kappa shape index (κ3) is 3.60. The summed E-state index contributed by atoms with van der Waals surface area (Å²) < 4.78 is 13.8. The molecule has 0 saturated carbocycles. The van der Waals surface area contributed by atoms with E-state index in [-0.39, 0.29) is 5.82 Å². The molecule has 32 heavy (non-hydrogen) atoms. The summed E-state index contributed by atoms with van der Waals surface area (Å²) >= 11 is 0. The number of aromatic nitrogens is 6. The van der Waals surface area contributed by atoms with E-state index >= 15 is 0 Å². The highest BCUT2D eigenvalue weighted by atomic mass is 19.1. The lowest BCUT2D eigenvalue weighted by molar-refractivity contribution is 0.628. The fraction of sp³-hybridized carbons (Fsp3) is 0.0400. The summed E-state index contributed by atoms with van der Waals surface area (Å²) in [6.45, 7) is 6.14. The zero-order chi connectivity index (χ0) is 22.1. The summed E-state index contributed by atoms with van der Waals surface area (Å²) in [6, 6.07) is 12.3. The van der Waals surface area contributed by atoms with Gasteiger partial charge in [-0.15, -0.1) is 0 Å². The number of H-pyrrole nitrogens is 2. The van der Waals surface area contributed by atoms with Gasteiger partial charge in [0.15, 0.2) is 5.82 Å². The van der Waals surface area contributed by atoms with Crippen LogP contribution in [0.15, 0.2) is 67.1 Å². The van der Waals surface area contributed by atoms with Crippen LogP contribution in [0.25, 0.3) is 51.9 Å². The molecule has 0 aliphatic carbocycles. The molecule has 5 rings (SSSR count). The average molecular weight is 422 g/mol. The Bertz CT molecular complexity index is 1560. The highest BCUT2D eigenvalue weighted by Gasteiger charge is 2.13. The van der Waals surface area contributed by atoms with Crippen molar-refractivity contribution in [1.82, 2.24) is 30.1 Å². The van der Waals surface area contributed by atoms with E-state index in [1.807, 2.05) is 43.3 Å². The molecule has 2 aromatic carbocycles. The molecule has 156 valence electrons. The number of para-hydroxylation sites is 1. The summed E-state index contributed by atoms with van der Waals surface area (Å²) in [5, 5.41) is 8.93. The number of benzene rings is 2. The molecular formula is C25H19FN6. The van der Waals surface area contributed by atoms with Gasteiger partial charge in [0.25, 0.3) is 0 Å². The largest absolute Gasteiger partial charge is 0.337 e. The maximum absolute atomic E-state index is 13.8. The van der Waals surface area contributed by atoms with E-state index in [0.29, 0.717) is 11.5 Å². The van der Waals surface area contributed by atoms with Gasteiger partial charge in [-0.05, 0) is 42.3 Å². The molecule has 0 amide bonds. The molecule has 0 spiro atoms. The monoisotopic (exact) mass is 422 g/mol. The van der Waals surface area contributed by atoms with Gasteiger partial charge >= 0.3 is 0 Å². The summed E-state index contributed by atoms with van der Waals surface area (Å²) in [4.78, 5) is 16.5. The zero-order valence-electron chi connectivity index (χ0n) is 17.3. The van der Waals surface area contributed by atoms with Crippen molar-refractivity contribution >= 4 is 29.3 Å². The first-order valence-electron chi connectivity index (χ1n) is 10.0. The highest BCUT2D eigenvalue weighted by Crippen LogP contribution is 2.29. The van der Waals surface area contributed by atoms with Gasteiger partial charge in [-0.3, -0.25) is 15.1 Å². The number of nitrogens with one attached hydrogen (secondary N) is 2. The molecule has 0 saturated heterocycles. The Morgan fingerprint density at radius 3 is 2.81 bits per heavy atom. The van der Waals surface area contributed by atoms with E-state index < -0.39 is 0 Å². The van der Waals surface area contributed by atoms with Gasteiger partial charge < -0.3 is 4.98 Å². The highest BCUT2D eigenvalue weighted by molar-refractivity contribution is 5.93. The SMILES string of the molecule is C=c1c(-c2nc3c(-c4cccc(F)c4)cccc3[nH]2)n[nH]/c1=C/C=C(\C)c1cnccn1. The average Bonchev–Trinajstić information content (AvgIpc) is 3.41. The van der Waals surface area contributed by atoms with Crippen molar-refractivity contribution in [2.24, 2.45) is 0 Å². The van der Waals surface area contributed by atoms with Crippen LogP contribution in [0.1, 0.15) is 12.6 Å². The zero-order valence-corrected chi connectivity index (χ0v) is 17.3. The van der Waals surface area contributed by atoms with Crippen molar-refractivity contribution in [3.05, 3.63) is 89.2 Å². The Morgan fingerprint density at radius 1 is 1.12 bits per heavy atom. The number of nitrogens with zero attached hydrogens (tertiary/aromatic N) is 4. The minimum Gasteiger partial charge on any atom is -0.337 e. The third-order valence-electron chi connectivity index (χ3n) is 5.24. The second-order valence-electron chi connectivity index (χ2n) is 7.37. The van der Waals surface area contributed by atoms with Crippen molar-refractivity contribution in [1.29, 1.82) is 0 Å². The number of hydrogen-bond acceptors (Lipinski definition) is 4. The lowest BCUT2D eigenvalue weighted by Gasteiger charge is -2.02. The molecule has 0 aliphatic rings. The Labute approximate surface area is 182 Å². The van der Waals surface area contributed by atoms with E-state index in [4.69, 9.17) is 4.98 Å². The standard InChI is InChI=1S/C25H19FN6/c1-15(22-14-27-11-12-28-22)9-10-20-16(2)23(32-31-20)25-29-21-8-4-7-19(24(21)30-25)17-5-3-6-18(26)13-17/h3-14,31H,2H2,1H3,(H,29,30)/b15-9+,20-10+. The second-order valence-corrected chi connectivity index (χ2v) is 7.37. The quantitative estimate of drug-likeness (QED) is 0.461. The van der Waals surface area contributed by atoms with Crippen LogP contribution in [-0.2, 0) is 0 Å². The normalized spacial score (nSPS) is 12.6. The van der Waals surface area contributed by atoms with Crippen LogP contribution in [0.4, 0.5) is 4.39 Å². The predicted octanol–water partition coefficient (Wildman–Crippen LogP) is 3.84. The number of hydrogen-bond donors (Lipinski definition) is 2. The number of halogens is 1. The number of fused-ring (bicyclic) bond motifs is 1. The first-order chi connectivity index (χ1) is 15.6. The Balaban J connectivity index is 1.55. The Hall–Kier alpha value is -4.39. The van der Waals surface area contributed by atoms with Crippen LogP contribution in [0.3, 0.4) is 0 Å². The van der Waals surface area contributed by atoms with Gasteiger partial charge in [-0.25, -0.2) is 9.37 Å². The van der Waals surface area contributed by atoms with E-state index in [0.717, 1.165) is 44.0 Å². The van der Waals surface area contributed by atoms with E-state index in [2.05, 4.69) is 31.7 Å². The van der Waals surface area contributed by atoms with Crippen LogP contribution in [0.5, 0.6) is 0 Å². The molecule has 3 aromatic heterocycles. The maximum Gasteiger partial charge on any atom is 0.159 e. The molecule has 5 aromatic rings. The van der Waals surface area contributed by atoms with Crippen LogP contribution in [0, 0.1) is 5.82 Å². The molecule has 3 heterocycles. The third-order valence-corrected chi connectivity index (χ3v) is 5.24. The molecule has 0 fully saturated rings. The van der Waals surface area contributed by atoms with Crippen molar-refractivity contribution in [2.75, 3.05) is 0 Å². The Morgan fingerprint density at radius 2 is 2.00 bits per heavy atom. The second kappa shape index (κ2) is 8.03. The molecule has 0 atom stereocenters. The fourth-order valence-electron chi connectivity index (χ4n) is 3.54.